The maximum absolute atomic E-state index is 11.6. The Kier molecular flexibility index (Phi) is 3.36. The molecule has 0 aromatic heterocycles. The van der Waals surface area contributed by atoms with Gasteiger partial charge in [-0.25, -0.2) is 8.42 Å². The van der Waals surface area contributed by atoms with Crippen LogP contribution < -0.4 is 5.32 Å². The van der Waals surface area contributed by atoms with Crippen molar-refractivity contribution in [3.8, 4) is 11.1 Å². The molecule has 0 unspecified atom stereocenters. The van der Waals surface area contributed by atoms with Gasteiger partial charge in [0.15, 0.2) is 9.84 Å². The van der Waals surface area contributed by atoms with E-state index in [1.54, 1.807) is 18.2 Å². The molecule has 0 amide bonds. The molecule has 104 valence electrons. The molecule has 0 fully saturated rings. The minimum Gasteiger partial charge on any atom is -0.312 e. The fraction of sp³-hybridized carbons (Fsp3) is 0.250. The quantitative estimate of drug-likeness (QED) is 0.922. The Bertz CT molecular complexity index is 751. The van der Waals surface area contributed by atoms with Gasteiger partial charge in [-0.2, -0.15) is 0 Å². The fourth-order valence-electron chi connectivity index (χ4n) is 2.56. The first-order valence-corrected chi connectivity index (χ1v) is 8.56. The van der Waals surface area contributed by atoms with E-state index in [0.29, 0.717) is 4.90 Å². The van der Waals surface area contributed by atoms with E-state index in [2.05, 4.69) is 23.5 Å². The third-order valence-corrected chi connectivity index (χ3v) is 4.80. The highest BCUT2D eigenvalue weighted by Gasteiger charge is 2.11. The molecule has 0 atom stereocenters. The zero-order valence-electron chi connectivity index (χ0n) is 11.4. The molecule has 0 saturated heterocycles. The Balaban J connectivity index is 2.05. The molecule has 0 aliphatic carbocycles. The minimum atomic E-state index is -3.16. The highest BCUT2D eigenvalue weighted by molar-refractivity contribution is 7.90. The lowest BCUT2D eigenvalue weighted by Crippen LogP contribution is -2.23. The summed E-state index contributed by atoms with van der Waals surface area (Å²) >= 11 is 0. The van der Waals surface area contributed by atoms with Gasteiger partial charge in [-0.3, -0.25) is 0 Å². The van der Waals surface area contributed by atoms with Crippen molar-refractivity contribution in [2.24, 2.45) is 0 Å². The van der Waals surface area contributed by atoms with Gasteiger partial charge in [-0.1, -0.05) is 30.3 Å². The average molecular weight is 287 g/mol. The van der Waals surface area contributed by atoms with Crippen molar-refractivity contribution in [3.63, 3.8) is 0 Å². The molecule has 3 rings (SSSR count). The van der Waals surface area contributed by atoms with Crippen LogP contribution in [0.2, 0.25) is 0 Å². The second-order valence-electron chi connectivity index (χ2n) is 5.21. The Morgan fingerprint density at radius 3 is 2.60 bits per heavy atom. The second kappa shape index (κ2) is 5.04. The third kappa shape index (κ3) is 2.62. The Labute approximate surface area is 119 Å². The first-order chi connectivity index (χ1) is 9.54. The molecule has 20 heavy (non-hydrogen) atoms. The molecule has 1 aliphatic rings. The molecule has 0 radical (unpaired) electrons. The molecule has 2 aromatic carbocycles. The first kappa shape index (κ1) is 13.3. The van der Waals surface area contributed by atoms with Crippen molar-refractivity contribution >= 4 is 9.84 Å². The lowest BCUT2D eigenvalue weighted by atomic mass is 9.95. The number of rotatable bonds is 2. The van der Waals surface area contributed by atoms with Crippen molar-refractivity contribution in [2.45, 2.75) is 17.9 Å². The van der Waals surface area contributed by atoms with E-state index in [9.17, 15) is 8.42 Å². The summed E-state index contributed by atoms with van der Waals surface area (Å²) in [6, 6.07) is 13.5. The van der Waals surface area contributed by atoms with Crippen LogP contribution in [0.3, 0.4) is 0 Å². The summed E-state index contributed by atoms with van der Waals surface area (Å²) in [6.07, 6.45) is 2.26. The predicted octanol–water partition coefficient (Wildman–Crippen LogP) is 2.40. The third-order valence-electron chi connectivity index (χ3n) is 3.69. The van der Waals surface area contributed by atoms with E-state index >= 15 is 0 Å². The molecule has 0 bridgehead atoms. The van der Waals surface area contributed by atoms with Gasteiger partial charge < -0.3 is 5.32 Å². The maximum Gasteiger partial charge on any atom is 0.175 e. The van der Waals surface area contributed by atoms with Crippen LogP contribution in [0, 0.1) is 0 Å². The number of hydrogen-bond acceptors (Lipinski definition) is 3. The van der Waals surface area contributed by atoms with E-state index in [-0.39, 0.29) is 0 Å². The highest BCUT2D eigenvalue weighted by Crippen LogP contribution is 2.26. The molecular weight excluding hydrogens is 270 g/mol. The lowest BCUT2D eigenvalue weighted by molar-refractivity contribution is 0.602. The summed E-state index contributed by atoms with van der Waals surface area (Å²) in [6.45, 7) is 1.92. The monoisotopic (exact) mass is 287 g/mol. The Morgan fingerprint density at radius 2 is 1.80 bits per heavy atom. The standard InChI is InChI=1S/C16H17NO2S/c1-20(18,19)16-4-2-3-12(10-16)13-5-6-15-11-17-8-7-14(15)9-13/h2-6,9-10,17H,7-8,11H2,1H3. The van der Waals surface area contributed by atoms with Crippen molar-refractivity contribution in [1.82, 2.24) is 5.32 Å². The molecule has 1 heterocycles. The van der Waals surface area contributed by atoms with Gasteiger partial charge in [-0.15, -0.1) is 0 Å². The zero-order chi connectivity index (χ0) is 14.2. The molecule has 3 nitrogen and oxygen atoms in total. The second-order valence-corrected chi connectivity index (χ2v) is 7.23. The van der Waals surface area contributed by atoms with Crippen LogP contribution in [0.4, 0.5) is 0 Å². The van der Waals surface area contributed by atoms with Crippen molar-refractivity contribution in [1.29, 1.82) is 0 Å². The van der Waals surface area contributed by atoms with Gasteiger partial charge in [0.25, 0.3) is 0 Å². The van der Waals surface area contributed by atoms with Crippen LogP contribution >= 0.6 is 0 Å². The smallest absolute Gasteiger partial charge is 0.175 e. The van der Waals surface area contributed by atoms with Crippen molar-refractivity contribution < 1.29 is 8.42 Å². The van der Waals surface area contributed by atoms with E-state index in [1.807, 2.05) is 6.07 Å². The van der Waals surface area contributed by atoms with E-state index < -0.39 is 9.84 Å². The largest absolute Gasteiger partial charge is 0.312 e. The van der Waals surface area contributed by atoms with Crippen LogP contribution in [-0.4, -0.2) is 21.2 Å². The van der Waals surface area contributed by atoms with E-state index in [0.717, 1.165) is 30.6 Å². The van der Waals surface area contributed by atoms with Crippen LogP contribution in [0.1, 0.15) is 11.1 Å². The van der Waals surface area contributed by atoms with E-state index in [1.165, 1.54) is 17.4 Å². The van der Waals surface area contributed by atoms with Gasteiger partial charge in [-0.05, 0) is 47.4 Å². The summed E-state index contributed by atoms with van der Waals surface area (Å²) in [5.41, 5.74) is 4.72. The SMILES string of the molecule is CS(=O)(=O)c1cccc(-c2ccc3c(c2)CCNC3)c1. The van der Waals surface area contributed by atoms with E-state index in [4.69, 9.17) is 0 Å². The minimum absolute atomic E-state index is 0.370. The summed E-state index contributed by atoms with van der Waals surface area (Å²) in [5.74, 6) is 0. The number of hydrogen-bond donors (Lipinski definition) is 1. The average Bonchev–Trinajstić information content (AvgIpc) is 2.46. The maximum atomic E-state index is 11.6. The molecule has 1 N–H and O–H groups in total. The summed E-state index contributed by atoms with van der Waals surface area (Å²) < 4.78 is 23.3. The Morgan fingerprint density at radius 1 is 1.00 bits per heavy atom. The molecule has 0 spiro atoms. The summed E-state index contributed by atoms with van der Waals surface area (Å²) in [5, 5.41) is 3.35. The van der Waals surface area contributed by atoms with Crippen molar-refractivity contribution in [2.75, 3.05) is 12.8 Å². The summed E-state index contributed by atoms with van der Waals surface area (Å²) in [7, 11) is -3.16. The first-order valence-electron chi connectivity index (χ1n) is 6.67. The van der Waals surface area contributed by atoms with Crippen LogP contribution in [0.15, 0.2) is 47.4 Å². The summed E-state index contributed by atoms with van der Waals surface area (Å²) in [4.78, 5) is 0.370. The van der Waals surface area contributed by atoms with Crippen molar-refractivity contribution in [3.05, 3.63) is 53.6 Å². The number of fused-ring (bicyclic) bond motifs is 1. The zero-order valence-corrected chi connectivity index (χ0v) is 12.2. The van der Waals surface area contributed by atoms with Gasteiger partial charge in [0.1, 0.15) is 0 Å². The Hall–Kier alpha value is -1.65. The number of benzene rings is 2. The van der Waals surface area contributed by atoms with Gasteiger partial charge in [0.05, 0.1) is 4.90 Å². The molecule has 2 aromatic rings. The number of sulfone groups is 1. The molecule has 0 saturated carbocycles. The topological polar surface area (TPSA) is 46.2 Å². The lowest BCUT2D eigenvalue weighted by Gasteiger charge is -2.18. The number of nitrogens with one attached hydrogen (secondary N) is 1. The fourth-order valence-corrected chi connectivity index (χ4v) is 3.23. The normalized spacial score (nSPS) is 14.8. The predicted molar refractivity (Wildman–Crippen MR) is 80.4 cm³/mol. The molecule has 1 aliphatic heterocycles. The molecule has 4 heteroatoms. The van der Waals surface area contributed by atoms with Crippen LogP contribution in [0.25, 0.3) is 11.1 Å². The van der Waals surface area contributed by atoms with Gasteiger partial charge >= 0.3 is 0 Å². The highest BCUT2D eigenvalue weighted by atomic mass is 32.2. The van der Waals surface area contributed by atoms with Crippen LogP contribution in [-0.2, 0) is 22.8 Å². The van der Waals surface area contributed by atoms with Gasteiger partial charge in [0, 0.05) is 12.8 Å². The van der Waals surface area contributed by atoms with Crippen LogP contribution in [0.5, 0.6) is 0 Å². The van der Waals surface area contributed by atoms with Gasteiger partial charge in [0.2, 0.25) is 0 Å². The molecular formula is C16H17NO2S.